The van der Waals surface area contributed by atoms with Crippen molar-refractivity contribution >= 4 is 40.9 Å². The van der Waals surface area contributed by atoms with Crippen molar-refractivity contribution in [3.8, 4) is 5.75 Å². The molecule has 246 valence electrons. The molecule has 0 fully saturated rings. The van der Waals surface area contributed by atoms with Gasteiger partial charge in [0, 0.05) is 31.9 Å². The van der Waals surface area contributed by atoms with Crippen LogP contribution in [0.2, 0.25) is 0 Å². The summed E-state index contributed by atoms with van der Waals surface area (Å²) in [6, 6.07) is 3.18. The van der Waals surface area contributed by atoms with E-state index in [0.717, 1.165) is 0 Å². The van der Waals surface area contributed by atoms with Crippen molar-refractivity contribution < 1.29 is 33.8 Å². The first kappa shape index (κ1) is 35.5. The van der Waals surface area contributed by atoms with Gasteiger partial charge < -0.3 is 30.3 Å². The molecule has 3 N–H and O–H groups in total. The number of nitrogens with zero attached hydrogens (tertiary/aromatic N) is 3. The van der Waals surface area contributed by atoms with Crippen molar-refractivity contribution in [2.45, 2.75) is 91.1 Å². The number of amides is 4. The maximum atomic E-state index is 14.2. The lowest BCUT2D eigenvalue weighted by Gasteiger charge is -2.37. The Morgan fingerprint density at radius 1 is 0.978 bits per heavy atom. The number of thiazole rings is 1. The number of phenols is 1. The molecule has 3 rings (SSSR count). The van der Waals surface area contributed by atoms with Gasteiger partial charge in [0.1, 0.15) is 28.5 Å². The summed E-state index contributed by atoms with van der Waals surface area (Å²) in [4.78, 5) is 74.9. The number of fused-ring (bicyclic) bond motifs is 2. The van der Waals surface area contributed by atoms with E-state index >= 15 is 0 Å². The van der Waals surface area contributed by atoms with Crippen LogP contribution < -0.4 is 10.6 Å². The first-order valence-electron chi connectivity index (χ1n) is 15.2. The Hall–Kier alpha value is -4.00. The highest BCUT2D eigenvalue weighted by Crippen LogP contribution is 2.23. The number of cyclic esters (lactones) is 1. The van der Waals surface area contributed by atoms with Crippen LogP contribution in [-0.2, 0) is 30.3 Å². The van der Waals surface area contributed by atoms with Gasteiger partial charge in [0.05, 0.1) is 12.0 Å². The molecule has 13 heteroatoms. The number of hydrogen-bond acceptors (Lipinski definition) is 9. The minimum atomic E-state index is -1.24. The van der Waals surface area contributed by atoms with Crippen molar-refractivity contribution in [3.05, 3.63) is 45.9 Å². The van der Waals surface area contributed by atoms with Gasteiger partial charge in [0.2, 0.25) is 11.8 Å². The zero-order chi connectivity index (χ0) is 33.6. The monoisotopic (exact) mass is 643 g/mol. The number of phenolic OH excluding ortho intramolecular Hbond substituents is 1. The van der Waals surface area contributed by atoms with Gasteiger partial charge in [0.25, 0.3) is 11.8 Å². The summed E-state index contributed by atoms with van der Waals surface area (Å²) in [5.74, 6) is -3.66. The number of aromatic hydroxyl groups is 1. The number of carbonyl (C=O) groups excluding carboxylic acids is 5. The third-order valence-electron chi connectivity index (χ3n) is 8.15. The summed E-state index contributed by atoms with van der Waals surface area (Å²) in [6.45, 7) is 10.4. The fourth-order valence-corrected chi connectivity index (χ4v) is 6.24. The average Bonchev–Trinajstić information content (AvgIpc) is 3.49. The van der Waals surface area contributed by atoms with Gasteiger partial charge in [-0.05, 0) is 50.8 Å². The summed E-state index contributed by atoms with van der Waals surface area (Å²) in [5.41, 5.74) is 0.832. The van der Waals surface area contributed by atoms with Gasteiger partial charge in [-0.1, -0.05) is 39.3 Å². The van der Waals surface area contributed by atoms with Crippen molar-refractivity contribution in [2.24, 2.45) is 11.8 Å². The Labute approximate surface area is 268 Å². The molecule has 2 heterocycles. The van der Waals surface area contributed by atoms with Crippen LogP contribution in [0.15, 0.2) is 29.6 Å². The Morgan fingerprint density at radius 3 is 2.22 bits per heavy atom. The molecule has 1 aliphatic rings. The SMILES string of the molecule is CCC[C@H]1NC(=O)c2csc(n2)[C@H](C)NC(=O)[C@H](C(C)C)N(C)C(=O)[C@H](Cc2ccc(O)cc2)N(C)C(=O)[C@H](C)OC(=O)[C@@H]1C. The van der Waals surface area contributed by atoms with E-state index in [0.29, 0.717) is 23.4 Å². The molecule has 6 atom stereocenters. The first-order chi connectivity index (χ1) is 21.2. The van der Waals surface area contributed by atoms with E-state index in [4.69, 9.17) is 4.74 Å². The smallest absolute Gasteiger partial charge is 0.311 e. The Morgan fingerprint density at radius 2 is 1.62 bits per heavy atom. The van der Waals surface area contributed by atoms with Crippen LogP contribution in [0.1, 0.15) is 81.5 Å². The summed E-state index contributed by atoms with van der Waals surface area (Å²) in [6.07, 6.45) is 0.00544. The molecule has 1 aromatic heterocycles. The van der Waals surface area contributed by atoms with E-state index in [-0.39, 0.29) is 23.8 Å². The summed E-state index contributed by atoms with van der Waals surface area (Å²) in [7, 11) is 2.98. The lowest BCUT2D eigenvalue weighted by molar-refractivity contribution is -0.164. The molecular formula is C32H45N5O7S. The Bertz CT molecular complexity index is 1380. The Kier molecular flexibility index (Phi) is 12.1. The maximum absolute atomic E-state index is 14.2. The molecule has 1 aromatic carbocycles. The van der Waals surface area contributed by atoms with Crippen LogP contribution in [-0.4, -0.2) is 87.8 Å². The van der Waals surface area contributed by atoms with Crippen LogP contribution in [0.4, 0.5) is 0 Å². The van der Waals surface area contributed by atoms with Gasteiger partial charge in [-0.25, -0.2) is 4.98 Å². The highest BCUT2D eigenvalue weighted by molar-refractivity contribution is 7.09. The molecule has 0 spiro atoms. The molecule has 0 saturated carbocycles. The van der Waals surface area contributed by atoms with Crippen molar-refractivity contribution in [3.63, 3.8) is 0 Å². The lowest BCUT2D eigenvalue weighted by atomic mass is 9.97. The van der Waals surface area contributed by atoms with Gasteiger partial charge in [-0.3, -0.25) is 24.0 Å². The van der Waals surface area contributed by atoms with E-state index in [9.17, 15) is 29.1 Å². The van der Waals surface area contributed by atoms with E-state index in [1.165, 1.54) is 54.3 Å². The highest BCUT2D eigenvalue weighted by atomic mass is 32.1. The largest absolute Gasteiger partial charge is 0.508 e. The van der Waals surface area contributed by atoms with Crippen molar-refractivity contribution in [2.75, 3.05) is 14.1 Å². The van der Waals surface area contributed by atoms with E-state index in [1.807, 2.05) is 20.8 Å². The predicted molar refractivity (Wildman–Crippen MR) is 169 cm³/mol. The minimum Gasteiger partial charge on any atom is -0.508 e. The standard InChI is InChI=1S/C32H45N5O7S/c1-9-10-23-18(4)32(43)44-20(6)30(41)36(7)25(15-21-11-13-22(38)14-12-21)31(42)37(8)26(17(2)3)28(40)33-19(5)29-35-24(16-45-29)27(39)34-23/h11-14,16-20,23,25-26,38H,9-10,15H2,1-8H3,(H,33,40)(H,34,39)/t18-,19+,20+,23-,25+,26+/m1/s1. The molecule has 4 amide bonds. The molecule has 0 saturated heterocycles. The fourth-order valence-electron chi connectivity index (χ4n) is 5.43. The van der Waals surface area contributed by atoms with Crippen LogP contribution in [0.3, 0.4) is 0 Å². The topological polar surface area (TPSA) is 158 Å². The molecule has 1 aliphatic heterocycles. The fraction of sp³-hybridized carbons (Fsp3) is 0.562. The van der Waals surface area contributed by atoms with E-state index in [2.05, 4.69) is 15.6 Å². The number of likely N-dealkylation sites (N-methyl/N-ethyl adjacent to an activating group) is 2. The average molecular weight is 644 g/mol. The predicted octanol–water partition coefficient (Wildman–Crippen LogP) is 3.06. The molecule has 0 aliphatic carbocycles. The summed E-state index contributed by atoms with van der Waals surface area (Å²) >= 11 is 1.22. The molecule has 0 radical (unpaired) electrons. The maximum Gasteiger partial charge on any atom is 0.311 e. The van der Waals surface area contributed by atoms with Crippen LogP contribution >= 0.6 is 11.3 Å². The Balaban J connectivity index is 2.07. The number of esters is 1. The van der Waals surface area contributed by atoms with Gasteiger partial charge >= 0.3 is 5.97 Å². The van der Waals surface area contributed by atoms with Gasteiger partial charge in [0.15, 0.2) is 6.10 Å². The zero-order valence-electron chi connectivity index (χ0n) is 27.2. The van der Waals surface area contributed by atoms with Crippen molar-refractivity contribution in [1.82, 2.24) is 25.4 Å². The summed E-state index contributed by atoms with van der Waals surface area (Å²) < 4.78 is 5.60. The second-order valence-electron chi connectivity index (χ2n) is 12.0. The third kappa shape index (κ3) is 8.59. The molecule has 2 bridgehead atoms. The summed E-state index contributed by atoms with van der Waals surface area (Å²) in [5, 5.41) is 17.7. The minimum absolute atomic E-state index is 0.0531. The second kappa shape index (κ2) is 15.3. The molecule has 45 heavy (non-hydrogen) atoms. The lowest BCUT2D eigenvalue weighted by Crippen LogP contribution is -2.58. The number of hydrogen-bond donors (Lipinski definition) is 3. The van der Waals surface area contributed by atoms with Crippen molar-refractivity contribution in [1.29, 1.82) is 0 Å². The number of nitrogens with one attached hydrogen (secondary N) is 2. The number of benzene rings is 1. The molecular weight excluding hydrogens is 598 g/mol. The number of rotatable bonds is 5. The number of ether oxygens (including phenoxy) is 1. The molecule has 12 nitrogen and oxygen atoms in total. The highest BCUT2D eigenvalue weighted by Gasteiger charge is 2.39. The normalized spacial score (nSPS) is 26.1. The van der Waals surface area contributed by atoms with E-state index in [1.54, 1.807) is 31.4 Å². The van der Waals surface area contributed by atoms with Crippen LogP contribution in [0.25, 0.3) is 0 Å². The third-order valence-corrected chi connectivity index (χ3v) is 9.17. The van der Waals surface area contributed by atoms with Gasteiger partial charge in [-0.2, -0.15) is 0 Å². The van der Waals surface area contributed by atoms with E-state index < -0.39 is 65.8 Å². The number of aromatic nitrogens is 1. The molecule has 0 unspecified atom stereocenters. The van der Waals surface area contributed by atoms with Crippen LogP contribution in [0.5, 0.6) is 5.75 Å². The number of carbonyl (C=O) groups is 5. The second-order valence-corrected chi connectivity index (χ2v) is 12.9. The molecule has 2 aromatic rings. The quantitative estimate of drug-likeness (QED) is 0.420. The zero-order valence-corrected chi connectivity index (χ0v) is 28.0. The van der Waals surface area contributed by atoms with Gasteiger partial charge in [-0.15, -0.1) is 11.3 Å². The first-order valence-corrected chi connectivity index (χ1v) is 16.1. The van der Waals surface area contributed by atoms with Crippen LogP contribution in [0, 0.1) is 11.8 Å².